The second kappa shape index (κ2) is 10.00. The molecule has 1 heterocycles. The number of carbonyl (C=O) groups excluding carboxylic acids is 1. The van der Waals surface area contributed by atoms with Crippen molar-refractivity contribution in [2.75, 3.05) is 32.1 Å². The highest BCUT2D eigenvalue weighted by Gasteiger charge is 2.24. The number of benzene rings is 2. The third-order valence-corrected chi connectivity index (χ3v) is 5.61. The first-order valence-electron chi connectivity index (χ1n) is 8.43. The number of amides is 1. The number of carbonyl (C=O) groups is 1. The number of thiazole rings is 1. The Hall–Kier alpha value is -1.51. The maximum atomic E-state index is 14.1. The lowest BCUT2D eigenvalue weighted by atomic mass is 10.2. The summed E-state index contributed by atoms with van der Waals surface area (Å²) in [6, 6.07) is 6.60. The molecule has 0 spiro atoms. The Labute approximate surface area is 187 Å². The molecular weight excluding hydrogens is 463 g/mol. The number of fused-ring (bicyclic) bond motifs is 1. The summed E-state index contributed by atoms with van der Waals surface area (Å²) in [6.07, 6.45) is 0.656. The van der Waals surface area contributed by atoms with Gasteiger partial charge >= 0.3 is 0 Å². The number of aromatic nitrogens is 1. The van der Waals surface area contributed by atoms with E-state index in [9.17, 15) is 13.6 Å². The van der Waals surface area contributed by atoms with E-state index in [0.717, 1.165) is 23.9 Å². The molecule has 0 aliphatic rings. The van der Waals surface area contributed by atoms with Gasteiger partial charge in [0, 0.05) is 17.6 Å². The molecule has 10 heteroatoms. The van der Waals surface area contributed by atoms with E-state index < -0.39 is 17.5 Å². The topological polar surface area (TPSA) is 36.4 Å². The quantitative estimate of drug-likeness (QED) is 0.441. The van der Waals surface area contributed by atoms with Crippen LogP contribution < -0.4 is 4.90 Å². The van der Waals surface area contributed by atoms with E-state index in [1.807, 2.05) is 19.0 Å². The summed E-state index contributed by atoms with van der Waals surface area (Å²) in [6.45, 7) is 1.07. The Morgan fingerprint density at radius 1 is 1.14 bits per heavy atom. The molecule has 3 aromatic rings. The normalized spacial score (nSPS) is 11.0. The van der Waals surface area contributed by atoms with Crippen molar-refractivity contribution in [3.63, 3.8) is 0 Å². The van der Waals surface area contributed by atoms with Crippen molar-refractivity contribution in [3.05, 3.63) is 57.6 Å². The molecule has 1 aromatic heterocycles. The fourth-order valence-electron chi connectivity index (χ4n) is 2.70. The van der Waals surface area contributed by atoms with Gasteiger partial charge in [0.2, 0.25) is 0 Å². The van der Waals surface area contributed by atoms with Crippen LogP contribution >= 0.6 is 46.9 Å². The molecule has 0 saturated carbocycles. The number of hydrogen-bond acceptors (Lipinski definition) is 4. The van der Waals surface area contributed by atoms with Gasteiger partial charge in [0.1, 0.15) is 11.3 Å². The molecule has 0 unspecified atom stereocenters. The molecule has 0 saturated heterocycles. The van der Waals surface area contributed by atoms with Gasteiger partial charge in [-0.25, -0.2) is 13.8 Å². The van der Waals surface area contributed by atoms with E-state index in [1.165, 1.54) is 17.0 Å². The zero-order valence-electron chi connectivity index (χ0n) is 15.6. The molecule has 1 amide bonds. The van der Waals surface area contributed by atoms with Crippen LogP contribution in [0.25, 0.3) is 10.2 Å². The molecule has 4 nitrogen and oxygen atoms in total. The second-order valence-electron chi connectivity index (χ2n) is 6.47. The molecule has 0 aliphatic heterocycles. The Kier molecular flexibility index (Phi) is 8.19. The molecule has 2 aromatic carbocycles. The first-order valence-corrected chi connectivity index (χ1v) is 10.0. The third kappa shape index (κ3) is 5.55. The van der Waals surface area contributed by atoms with Crippen molar-refractivity contribution < 1.29 is 13.6 Å². The van der Waals surface area contributed by atoms with Gasteiger partial charge < -0.3 is 4.90 Å². The molecule has 0 atom stereocenters. The molecular formula is C19H18Cl3F2N3OS. The number of anilines is 1. The second-order valence-corrected chi connectivity index (χ2v) is 8.32. The van der Waals surface area contributed by atoms with Gasteiger partial charge in [0.05, 0.1) is 15.3 Å². The Bertz CT molecular complexity index is 1030. The van der Waals surface area contributed by atoms with Crippen molar-refractivity contribution in [1.82, 2.24) is 9.88 Å². The first-order chi connectivity index (χ1) is 13.3. The standard InChI is InChI=1S/C19H17Cl2F2N3OS.ClH/c1-25(2)6-3-7-26(18(27)13-8-11(20)4-5-14(13)21)19-24-17-15(23)9-12(22)10-16(17)28-19;/h4-5,8-10H,3,6-7H2,1-2H3;1H. The van der Waals surface area contributed by atoms with Crippen LogP contribution in [0.15, 0.2) is 30.3 Å². The average Bonchev–Trinajstić information content (AvgIpc) is 3.04. The van der Waals surface area contributed by atoms with Gasteiger partial charge in [-0.15, -0.1) is 12.4 Å². The molecule has 0 N–H and O–H groups in total. The Balaban J connectivity index is 0.00000300. The molecule has 3 rings (SSSR count). The highest BCUT2D eigenvalue weighted by Crippen LogP contribution is 2.33. The van der Waals surface area contributed by atoms with Gasteiger partial charge in [-0.1, -0.05) is 34.5 Å². The smallest absolute Gasteiger partial charge is 0.261 e. The summed E-state index contributed by atoms with van der Waals surface area (Å²) in [5.74, 6) is -1.85. The summed E-state index contributed by atoms with van der Waals surface area (Å²) in [4.78, 5) is 20.9. The largest absolute Gasteiger partial charge is 0.309 e. The summed E-state index contributed by atoms with van der Waals surface area (Å²) < 4.78 is 27.9. The van der Waals surface area contributed by atoms with Crippen LogP contribution in [0.1, 0.15) is 16.8 Å². The van der Waals surface area contributed by atoms with Crippen molar-refractivity contribution in [1.29, 1.82) is 0 Å². The predicted molar refractivity (Wildman–Crippen MR) is 118 cm³/mol. The molecule has 0 aliphatic carbocycles. The summed E-state index contributed by atoms with van der Waals surface area (Å²) >= 11 is 13.3. The number of hydrogen-bond donors (Lipinski definition) is 0. The molecule has 29 heavy (non-hydrogen) atoms. The van der Waals surface area contributed by atoms with E-state index in [0.29, 0.717) is 22.7 Å². The van der Waals surface area contributed by atoms with Crippen LogP contribution in [0.2, 0.25) is 10.0 Å². The highest BCUT2D eigenvalue weighted by atomic mass is 35.5. The van der Waals surface area contributed by atoms with Crippen molar-refractivity contribution in [3.8, 4) is 0 Å². The minimum absolute atomic E-state index is 0. The van der Waals surface area contributed by atoms with Gasteiger partial charge in [-0.3, -0.25) is 9.69 Å². The minimum atomic E-state index is -0.765. The Morgan fingerprint density at radius 2 is 1.86 bits per heavy atom. The van der Waals surface area contributed by atoms with E-state index in [2.05, 4.69) is 4.98 Å². The van der Waals surface area contributed by atoms with Crippen molar-refractivity contribution in [2.45, 2.75) is 6.42 Å². The van der Waals surface area contributed by atoms with Crippen LogP contribution in [0.5, 0.6) is 0 Å². The highest BCUT2D eigenvalue weighted by molar-refractivity contribution is 7.22. The van der Waals surface area contributed by atoms with Crippen LogP contribution in [0.3, 0.4) is 0 Å². The number of halogens is 5. The third-order valence-electron chi connectivity index (χ3n) is 4.02. The van der Waals surface area contributed by atoms with Crippen molar-refractivity contribution in [2.24, 2.45) is 0 Å². The van der Waals surface area contributed by atoms with Crippen LogP contribution in [0.4, 0.5) is 13.9 Å². The molecule has 0 bridgehead atoms. The zero-order chi connectivity index (χ0) is 20.4. The molecule has 156 valence electrons. The SMILES string of the molecule is CN(C)CCCN(C(=O)c1cc(Cl)ccc1Cl)c1nc2c(F)cc(F)cc2s1.Cl. The lowest BCUT2D eigenvalue weighted by Gasteiger charge is -2.21. The lowest BCUT2D eigenvalue weighted by Crippen LogP contribution is -2.33. The van der Waals surface area contributed by atoms with Gasteiger partial charge in [-0.2, -0.15) is 0 Å². The fourth-order valence-corrected chi connectivity index (χ4v) is 4.10. The maximum Gasteiger partial charge on any atom is 0.261 e. The van der Waals surface area contributed by atoms with Gasteiger partial charge in [-0.05, 0) is 51.3 Å². The maximum absolute atomic E-state index is 14.1. The minimum Gasteiger partial charge on any atom is -0.309 e. The van der Waals surface area contributed by atoms with E-state index in [-0.39, 0.29) is 33.6 Å². The van der Waals surface area contributed by atoms with Crippen LogP contribution in [-0.4, -0.2) is 43.0 Å². The van der Waals surface area contributed by atoms with Gasteiger partial charge in [0.15, 0.2) is 10.9 Å². The van der Waals surface area contributed by atoms with Crippen LogP contribution in [0, 0.1) is 11.6 Å². The average molecular weight is 481 g/mol. The van der Waals surface area contributed by atoms with Crippen LogP contribution in [-0.2, 0) is 0 Å². The molecule has 0 radical (unpaired) electrons. The molecule has 0 fully saturated rings. The lowest BCUT2D eigenvalue weighted by molar-refractivity contribution is 0.0986. The first kappa shape index (κ1) is 23.8. The Morgan fingerprint density at radius 3 is 2.55 bits per heavy atom. The predicted octanol–water partition coefficient (Wildman–Crippen LogP) is 5.90. The number of rotatable bonds is 6. The fraction of sp³-hybridized carbons (Fsp3) is 0.263. The monoisotopic (exact) mass is 479 g/mol. The summed E-state index contributed by atoms with van der Waals surface area (Å²) in [5.41, 5.74) is 0.258. The zero-order valence-corrected chi connectivity index (χ0v) is 18.7. The van der Waals surface area contributed by atoms with E-state index in [4.69, 9.17) is 23.2 Å². The van der Waals surface area contributed by atoms with E-state index >= 15 is 0 Å². The van der Waals surface area contributed by atoms with Crippen molar-refractivity contribution >= 4 is 68.2 Å². The van der Waals surface area contributed by atoms with Gasteiger partial charge in [0.25, 0.3) is 5.91 Å². The summed E-state index contributed by atoms with van der Waals surface area (Å²) in [7, 11) is 3.85. The van der Waals surface area contributed by atoms with E-state index in [1.54, 1.807) is 12.1 Å². The summed E-state index contributed by atoms with van der Waals surface area (Å²) in [5, 5.41) is 0.906. The number of nitrogens with zero attached hydrogens (tertiary/aromatic N) is 3.